The summed E-state index contributed by atoms with van der Waals surface area (Å²) in [4.78, 5) is 2.47. The maximum atomic E-state index is 3.36. The van der Waals surface area contributed by atoms with Gasteiger partial charge in [-0.25, -0.2) is 0 Å². The lowest BCUT2D eigenvalue weighted by molar-refractivity contribution is 0.617. The maximum Gasteiger partial charge on any atom is 0.0373 e. The van der Waals surface area contributed by atoms with Gasteiger partial charge in [0.15, 0.2) is 0 Å². The molecular weight excluding hydrogens is 216 g/mol. The summed E-state index contributed by atoms with van der Waals surface area (Å²) in [5.41, 5.74) is 1.36. The zero-order chi connectivity index (χ0) is 11.0. The van der Waals surface area contributed by atoms with Crippen LogP contribution in [0.4, 0.5) is 5.69 Å². The van der Waals surface area contributed by atoms with Gasteiger partial charge in [0.1, 0.15) is 0 Å². The zero-order valence-electron chi connectivity index (χ0n) is 9.44. The van der Waals surface area contributed by atoms with Gasteiger partial charge in [-0.1, -0.05) is 0 Å². The van der Waals surface area contributed by atoms with Crippen molar-refractivity contribution in [2.24, 2.45) is 0 Å². The molecule has 1 aromatic carbocycles. The van der Waals surface area contributed by atoms with E-state index in [-0.39, 0.29) is 0 Å². The minimum Gasteiger partial charge on any atom is -0.370 e. The van der Waals surface area contributed by atoms with Crippen LogP contribution in [0.1, 0.15) is 6.42 Å². The molecule has 2 aromatic rings. The van der Waals surface area contributed by atoms with E-state index in [4.69, 9.17) is 0 Å². The molecule has 2 nitrogen and oxygen atoms in total. The van der Waals surface area contributed by atoms with Crippen LogP contribution in [-0.2, 0) is 0 Å². The fourth-order valence-corrected chi connectivity index (χ4v) is 3.15. The van der Waals surface area contributed by atoms with E-state index in [1.807, 2.05) is 11.3 Å². The van der Waals surface area contributed by atoms with Gasteiger partial charge in [-0.15, -0.1) is 11.3 Å². The van der Waals surface area contributed by atoms with Gasteiger partial charge in [0.05, 0.1) is 0 Å². The van der Waals surface area contributed by atoms with Crippen molar-refractivity contribution < 1.29 is 0 Å². The number of hydrogen-bond acceptors (Lipinski definition) is 3. The monoisotopic (exact) mass is 232 g/mol. The third-order valence-electron chi connectivity index (χ3n) is 3.40. The average Bonchev–Trinajstić information content (AvgIpc) is 2.96. The predicted octanol–water partition coefficient (Wildman–Crippen LogP) is 2.70. The summed E-state index contributed by atoms with van der Waals surface area (Å²) in [5, 5.41) is 6.89. The first-order valence-corrected chi connectivity index (χ1v) is 6.64. The van der Waals surface area contributed by atoms with Crippen molar-refractivity contribution in [3.8, 4) is 0 Å². The Morgan fingerprint density at radius 1 is 1.38 bits per heavy atom. The van der Waals surface area contributed by atoms with Gasteiger partial charge in [0.25, 0.3) is 0 Å². The van der Waals surface area contributed by atoms with Crippen LogP contribution in [0.15, 0.2) is 29.6 Å². The summed E-state index contributed by atoms with van der Waals surface area (Å²) in [5.74, 6) is 0. The highest BCUT2D eigenvalue weighted by molar-refractivity contribution is 7.17. The van der Waals surface area contributed by atoms with Crippen LogP contribution in [0.3, 0.4) is 0 Å². The van der Waals surface area contributed by atoms with Crippen LogP contribution in [-0.4, -0.2) is 26.2 Å². The second-order valence-corrected chi connectivity index (χ2v) is 5.31. The Morgan fingerprint density at radius 2 is 2.31 bits per heavy atom. The molecule has 84 valence electrons. The summed E-state index contributed by atoms with van der Waals surface area (Å²) in [6, 6.07) is 9.65. The highest BCUT2D eigenvalue weighted by Gasteiger charge is 2.21. The van der Waals surface area contributed by atoms with Gasteiger partial charge in [-0.05, 0) is 48.5 Å². The SMILES string of the molecule is CNC1CCN(c2ccc3sccc3c2)C1. The standard InChI is InChI=1S/C13H16N2S/c1-14-11-4-6-15(9-11)12-2-3-13-10(8-12)5-7-16-13/h2-3,5,7-8,11,14H,4,6,9H2,1H3. The van der Waals surface area contributed by atoms with Crippen LogP contribution < -0.4 is 10.2 Å². The summed E-state index contributed by atoms with van der Waals surface area (Å²) in [6.45, 7) is 2.30. The lowest BCUT2D eigenvalue weighted by atomic mass is 10.2. The molecule has 16 heavy (non-hydrogen) atoms. The molecule has 0 bridgehead atoms. The Balaban J connectivity index is 1.88. The first-order chi connectivity index (χ1) is 7.86. The van der Waals surface area contributed by atoms with Gasteiger partial charge in [0.2, 0.25) is 0 Å². The third kappa shape index (κ3) is 1.70. The fraction of sp³-hybridized carbons (Fsp3) is 0.385. The molecule has 1 unspecified atom stereocenters. The molecular formula is C13H16N2S. The summed E-state index contributed by atoms with van der Waals surface area (Å²) < 4.78 is 1.38. The average molecular weight is 232 g/mol. The number of rotatable bonds is 2. The van der Waals surface area contributed by atoms with Gasteiger partial charge < -0.3 is 10.2 Å². The molecule has 0 saturated carbocycles. The molecule has 3 heteroatoms. The number of benzene rings is 1. The Morgan fingerprint density at radius 3 is 3.12 bits per heavy atom. The molecule has 1 aliphatic rings. The highest BCUT2D eigenvalue weighted by Crippen LogP contribution is 2.27. The number of likely N-dealkylation sites (N-methyl/N-ethyl adjacent to an activating group) is 1. The zero-order valence-corrected chi connectivity index (χ0v) is 10.3. The van der Waals surface area contributed by atoms with Crippen LogP contribution in [0.2, 0.25) is 0 Å². The molecule has 1 N–H and O–H groups in total. The lowest BCUT2D eigenvalue weighted by Crippen LogP contribution is -2.29. The number of hydrogen-bond donors (Lipinski definition) is 1. The molecule has 1 atom stereocenters. The second kappa shape index (κ2) is 4.07. The topological polar surface area (TPSA) is 15.3 Å². The number of nitrogens with one attached hydrogen (secondary N) is 1. The van der Waals surface area contributed by atoms with Gasteiger partial charge in [0, 0.05) is 29.5 Å². The highest BCUT2D eigenvalue weighted by atomic mass is 32.1. The largest absolute Gasteiger partial charge is 0.370 e. The fourth-order valence-electron chi connectivity index (χ4n) is 2.38. The van der Waals surface area contributed by atoms with E-state index >= 15 is 0 Å². The number of nitrogens with zero attached hydrogens (tertiary/aromatic N) is 1. The molecule has 1 fully saturated rings. The van der Waals surface area contributed by atoms with E-state index in [1.54, 1.807) is 0 Å². The number of fused-ring (bicyclic) bond motifs is 1. The minimum absolute atomic E-state index is 0.651. The molecule has 3 rings (SSSR count). The van der Waals surface area contributed by atoms with Crippen LogP contribution in [0, 0.1) is 0 Å². The maximum absolute atomic E-state index is 3.36. The molecule has 0 radical (unpaired) electrons. The van der Waals surface area contributed by atoms with Crippen molar-refractivity contribution >= 4 is 27.1 Å². The molecule has 0 spiro atoms. The first kappa shape index (κ1) is 10.1. The quantitative estimate of drug-likeness (QED) is 0.856. The predicted molar refractivity (Wildman–Crippen MR) is 71.5 cm³/mol. The lowest BCUT2D eigenvalue weighted by Gasteiger charge is -2.18. The molecule has 0 amide bonds. The van der Waals surface area contributed by atoms with Gasteiger partial charge in [-0.2, -0.15) is 0 Å². The second-order valence-electron chi connectivity index (χ2n) is 4.36. The van der Waals surface area contributed by atoms with Crippen LogP contribution in [0.5, 0.6) is 0 Å². The van der Waals surface area contributed by atoms with Gasteiger partial charge >= 0.3 is 0 Å². The molecule has 1 aromatic heterocycles. The van der Waals surface area contributed by atoms with Gasteiger partial charge in [-0.3, -0.25) is 0 Å². The molecule has 1 saturated heterocycles. The van der Waals surface area contributed by atoms with E-state index in [2.05, 4.69) is 46.9 Å². The molecule has 0 aliphatic carbocycles. The van der Waals surface area contributed by atoms with E-state index in [0.29, 0.717) is 6.04 Å². The molecule has 1 aliphatic heterocycles. The minimum atomic E-state index is 0.651. The van der Waals surface area contributed by atoms with Crippen molar-refractivity contribution in [3.63, 3.8) is 0 Å². The van der Waals surface area contributed by atoms with Crippen molar-refractivity contribution in [2.75, 3.05) is 25.0 Å². The Hall–Kier alpha value is -1.06. The summed E-state index contributed by atoms with van der Waals surface area (Å²) in [6.07, 6.45) is 1.25. The Labute approximate surface area is 99.9 Å². The van der Waals surface area contributed by atoms with E-state index in [0.717, 1.165) is 6.54 Å². The van der Waals surface area contributed by atoms with Crippen molar-refractivity contribution in [1.82, 2.24) is 5.32 Å². The normalized spacial score (nSPS) is 20.8. The van der Waals surface area contributed by atoms with E-state index < -0.39 is 0 Å². The number of anilines is 1. The van der Waals surface area contributed by atoms with Crippen LogP contribution >= 0.6 is 11.3 Å². The molecule has 2 heterocycles. The van der Waals surface area contributed by atoms with Crippen molar-refractivity contribution in [2.45, 2.75) is 12.5 Å². The Bertz CT molecular complexity index is 491. The van der Waals surface area contributed by atoms with Crippen LogP contribution in [0.25, 0.3) is 10.1 Å². The van der Waals surface area contributed by atoms with Crippen molar-refractivity contribution in [3.05, 3.63) is 29.6 Å². The van der Waals surface area contributed by atoms with Crippen molar-refractivity contribution in [1.29, 1.82) is 0 Å². The van der Waals surface area contributed by atoms with E-state index in [9.17, 15) is 0 Å². The van der Waals surface area contributed by atoms with E-state index in [1.165, 1.54) is 28.7 Å². The number of thiophene rings is 1. The smallest absolute Gasteiger partial charge is 0.0373 e. The third-order valence-corrected chi connectivity index (χ3v) is 4.30. The first-order valence-electron chi connectivity index (χ1n) is 5.76. The Kier molecular flexibility index (Phi) is 2.58. The summed E-state index contributed by atoms with van der Waals surface area (Å²) in [7, 11) is 2.05. The summed E-state index contributed by atoms with van der Waals surface area (Å²) >= 11 is 1.81.